The van der Waals surface area contributed by atoms with E-state index < -0.39 is 65.9 Å². The molecule has 0 bridgehead atoms. The fraction of sp³-hybridized carbons (Fsp3) is 0.350. The van der Waals surface area contributed by atoms with Crippen molar-refractivity contribution < 1.29 is 53.8 Å². The number of hydrogen-bond donors (Lipinski definition) is 1. The molecule has 1 aliphatic rings. The summed E-state index contributed by atoms with van der Waals surface area (Å²) in [4.78, 5) is 13.3. The van der Waals surface area contributed by atoms with E-state index in [1.165, 1.54) is 6.92 Å². The lowest BCUT2D eigenvalue weighted by atomic mass is 9.97. The first-order valence-electron chi connectivity index (χ1n) is 9.36. The van der Waals surface area contributed by atoms with Gasteiger partial charge in [-0.1, -0.05) is 0 Å². The molecule has 1 fully saturated rings. The fourth-order valence-corrected chi connectivity index (χ4v) is 3.40. The monoisotopic (exact) mass is 502 g/mol. The van der Waals surface area contributed by atoms with Crippen molar-refractivity contribution in [2.75, 3.05) is 5.73 Å². The van der Waals surface area contributed by atoms with Crippen LogP contribution in [0.2, 0.25) is 0 Å². The summed E-state index contributed by atoms with van der Waals surface area (Å²) in [5, 5.41) is 0. The predicted octanol–water partition coefficient (Wildman–Crippen LogP) is 6.29. The number of halogens is 9. The molecule has 2 aromatic rings. The minimum atomic E-state index is -5.10. The molecule has 5 nitrogen and oxygen atoms in total. The second-order valence-corrected chi connectivity index (χ2v) is 7.42. The summed E-state index contributed by atoms with van der Waals surface area (Å²) < 4.78 is 125. The number of rotatable bonds is 4. The Labute approximate surface area is 185 Å². The Morgan fingerprint density at radius 1 is 0.941 bits per heavy atom. The van der Waals surface area contributed by atoms with Crippen molar-refractivity contribution in [3.05, 3.63) is 58.7 Å². The third-order valence-electron chi connectivity index (χ3n) is 5.02. The van der Waals surface area contributed by atoms with Gasteiger partial charge in [-0.3, -0.25) is 4.90 Å². The molecule has 0 unspecified atom stereocenters. The smallest absolute Gasteiger partial charge is 0.439 e. The van der Waals surface area contributed by atoms with E-state index in [1.54, 1.807) is 0 Å². The number of nitrogens with zero attached hydrogens (tertiary/aromatic N) is 1. The quantitative estimate of drug-likeness (QED) is 0.395. The molecular formula is C20H15F9N2O3. The lowest BCUT2D eigenvalue weighted by Crippen LogP contribution is -2.32. The van der Waals surface area contributed by atoms with Gasteiger partial charge in [-0.05, 0) is 54.4 Å². The maximum absolute atomic E-state index is 13.2. The van der Waals surface area contributed by atoms with Gasteiger partial charge in [-0.15, -0.1) is 13.2 Å². The SMILES string of the molecule is C[C@H]1[C@@H](c2cc(C(F)(F)F)cc(C(F)(F)F)c2)OC(=O)N1Cc1cc(OC(F)(F)F)ccc1N. The third-order valence-corrected chi connectivity index (χ3v) is 5.02. The molecule has 0 radical (unpaired) electrons. The van der Waals surface area contributed by atoms with Gasteiger partial charge in [-0.25, -0.2) is 4.79 Å². The van der Waals surface area contributed by atoms with Crippen LogP contribution in [0.25, 0.3) is 0 Å². The lowest BCUT2D eigenvalue weighted by Gasteiger charge is -2.23. The van der Waals surface area contributed by atoms with E-state index >= 15 is 0 Å². The number of ether oxygens (including phenoxy) is 2. The highest BCUT2D eigenvalue weighted by Crippen LogP contribution is 2.41. The fourth-order valence-electron chi connectivity index (χ4n) is 3.40. The highest BCUT2D eigenvalue weighted by Gasteiger charge is 2.43. The Morgan fingerprint density at radius 3 is 2.00 bits per heavy atom. The van der Waals surface area contributed by atoms with Gasteiger partial charge in [0.15, 0.2) is 0 Å². The summed E-state index contributed by atoms with van der Waals surface area (Å²) in [5.41, 5.74) is 1.98. The third kappa shape index (κ3) is 5.59. The van der Waals surface area contributed by atoms with Crippen LogP contribution in [0.4, 0.5) is 50.0 Å². The van der Waals surface area contributed by atoms with Crippen LogP contribution in [0.5, 0.6) is 5.75 Å². The Morgan fingerprint density at radius 2 is 1.50 bits per heavy atom. The number of carbonyl (C=O) groups excluding carboxylic acids is 1. The van der Waals surface area contributed by atoms with Crippen LogP contribution >= 0.6 is 0 Å². The van der Waals surface area contributed by atoms with Gasteiger partial charge in [0.1, 0.15) is 11.9 Å². The van der Waals surface area contributed by atoms with Gasteiger partial charge in [0.25, 0.3) is 0 Å². The second kappa shape index (κ2) is 8.47. The van der Waals surface area contributed by atoms with Crippen molar-refractivity contribution in [2.24, 2.45) is 0 Å². The average molecular weight is 502 g/mol. The predicted molar refractivity (Wildman–Crippen MR) is 98.2 cm³/mol. The number of amides is 1. The number of hydrogen-bond acceptors (Lipinski definition) is 4. The number of anilines is 1. The molecule has 1 aliphatic heterocycles. The number of alkyl halides is 9. The molecule has 0 spiro atoms. The van der Waals surface area contributed by atoms with E-state index in [0.717, 1.165) is 23.1 Å². The molecule has 0 saturated carbocycles. The summed E-state index contributed by atoms with van der Waals surface area (Å²) in [6.45, 7) is 0.859. The molecule has 1 saturated heterocycles. The summed E-state index contributed by atoms with van der Waals surface area (Å²) in [6.07, 6.45) is -17.8. The van der Waals surface area contributed by atoms with Gasteiger partial charge in [0.2, 0.25) is 0 Å². The molecule has 2 N–H and O–H groups in total. The Bertz CT molecular complexity index is 1050. The summed E-state index contributed by atoms with van der Waals surface area (Å²) >= 11 is 0. The van der Waals surface area contributed by atoms with Gasteiger partial charge in [0.05, 0.1) is 23.7 Å². The Kier molecular flexibility index (Phi) is 6.31. The Hall–Kier alpha value is -3.32. The van der Waals surface area contributed by atoms with Crippen LogP contribution in [0.15, 0.2) is 36.4 Å². The zero-order valence-electron chi connectivity index (χ0n) is 17.0. The first-order valence-corrected chi connectivity index (χ1v) is 9.36. The van der Waals surface area contributed by atoms with E-state index in [1.807, 2.05) is 0 Å². The molecule has 186 valence electrons. The van der Waals surface area contributed by atoms with Crippen molar-refractivity contribution in [3.8, 4) is 5.75 Å². The first kappa shape index (κ1) is 25.3. The molecule has 2 aromatic carbocycles. The molecule has 0 aromatic heterocycles. The van der Waals surface area contributed by atoms with Crippen molar-refractivity contribution in [1.29, 1.82) is 0 Å². The van der Waals surface area contributed by atoms with Crippen molar-refractivity contribution in [2.45, 2.75) is 44.3 Å². The number of nitrogen functional groups attached to an aromatic ring is 1. The Balaban J connectivity index is 1.93. The molecule has 1 amide bonds. The first-order chi connectivity index (χ1) is 15.5. The van der Waals surface area contributed by atoms with Gasteiger partial charge in [0, 0.05) is 5.69 Å². The summed E-state index contributed by atoms with van der Waals surface area (Å²) in [6, 6.07) is 2.66. The van der Waals surface area contributed by atoms with Gasteiger partial charge >= 0.3 is 24.8 Å². The van der Waals surface area contributed by atoms with E-state index in [9.17, 15) is 44.3 Å². The van der Waals surface area contributed by atoms with Crippen LogP contribution in [0.1, 0.15) is 35.3 Å². The highest BCUT2D eigenvalue weighted by atomic mass is 19.4. The molecule has 0 aliphatic carbocycles. The molecule has 14 heteroatoms. The van der Waals surface area contributed by atoms with Crippen LogP contribution in [0.3, 0.4) is 0 Å². The van der Waals surface area contributed by atoms with E-state index in [2.05, 4.69) is 4.74 Å². The second-order valence-electron chi connectivity index (χ2n) is 7.42. The van der Waals surface area contributed by atoms with Crippen LogP contribution < -0.4 is 10.5 Å². The average Bonchev–Trinajstić information content (AvgIpc) is 2.96. The van der Waals surface area contributed by atoms with Crippen LogP contribution in [-0.4, -0.2) is 23.4 Å². The minimum absolute atomic E-state index is 0.00813. The van der Waals surface area contributed by atoms with Gasteiger partial charge < -0.3 is 15.2 Å². The molecule has 2 atom stereocenters. The number of nitrogens with two attached hydrogens (primary N) is 1. The van der Waals surface area contributed by atoms with Crippen LogP contribution in [-0.2, 0) is 23.6 Å². The molecular weight excluding hydrogens is 487 g/mol. The van der Waals surface area contributed by atoms with Crippen molar-refractivity contribution >= 4 is 11.8 Å². The lowest BCUT2D eigenvalue weighted by molar-refractivity contribution is -0.274. The zero-order chi connectivity index (χ0) is 25.6. The largest absolute Gasteiger partial charge is 0.573 e. The van der Waals surface area contributed by atoms with E-state index in [0.29, 0.717) is 12.1 Å². The topological polar surface area (TPSA) is 64.8 Å². The maximum Gasteiger partial charge on any atom is 0.573 e. The summed E-state index contributed by atoms with van der Waals surface area (Å²) in [5.74, 6) is -0.638. The van der Waals surface area contributed by atoms with E-state index in [4.69, 9.17) is 10.5 Å². The highest BCUT2D eigenvalue weighted by molar-refractivity contribution is 5.71. The number of carbonyl (C=O) groups is 1. The summed E-state index contributed by atoms with van der Waals surface area (Å²) in [7, 11) is 0. The van der Waals surface area contributed by atoms with Crippen molar-refractivity contribution in [1.82, 2.24) is 4.90 Å². The maximum atomic E-state index is 13.2. The molecule has 3 rings (SSSR count). The standard InChI is InChI=1S/C20H15F9N2O3/c1-9-16(10-4-12(18(21,22)23)7-13(5-10)19(24,25)26)33-17(32)31(9)8-11-6-14(2-3-15(11)30)34-20(27,28)29/h2-7,9,16H,8,30H2,1H3/t9-,16-/m0/s1. The van der Waals surface area contributed by atoms with E-state index in [-0.39, 0.29) is 17.3 Å². The molecule has 34 heavy (non-hydrogen) atoms. The number of cyclic esters (lactones) is 1. The van der Waals surface area contributed by atoms with Crippen molar-refractivity contribution in [3.63, 3.8) is 0 Å². The van der Waals surface area contributed by atoms with Crippen LogP contribution in [0, 0.1) is 0 Å². The van der Waals surface area contributed by atoms with Gasteiger partial charge in [-0.2, -0.15) is 26.3 Å². The normalized spacial score (nSPS) is 19.4. The zero-order valence-corrected chi connectivity index (χ0v) is 17.0. The number of benzene rings is 2. The molecule has 1 heterocycles. The minimum Gasteiger partial charge on any atom is -0.439 e.